The quantitative estimate of drug-likeness (QED) is 0.781. The van der Waals surface area contributed by atoms with Crippen LogP contribution in [0.15, 0.2) is 17.4 Å². The van der Waals surface area contributed by atoms with Gasteiger partial charge >= 0.3 is 0 Å². The predicted molar refractivity (Wildman–Crippen MR) is 61.7 cm³/mol. The number of nitrogens with one attached hydrogen (secondary N) is 1. The minimum atomic E-state index is -1.05. The van der Waals surface area contributed by atoms with Gasteiger partial charge in [-0.25, -0.2) is 9.97 Å². The largest absolute Gasteiger partial charge is 0.315 e. The summed E-state index contributed by atoms with van der Waals surface area (Å²) in [5, 5.41) is 3.84. The molecule has 6 heteroatoms. The Morgan fingerprint density at radius 2 is 2.40 bits per heavy atom. The molecule has 84 valence electrons. The number of hydrogen-bond donors (Lipinski definition) is 1. The number of rotatable bonds is 2. The van der Waals surface area contributed by atoms with Gasteiger partial charge in [0.15, 0.2) is 0 Å². The van der Waals surface area contributed by atoms with E-state index in [4.69, 9.17) is 0 Å². The van der Waals surface area contributed by atoms with Crippen molar-refractivity contribution in [3.05, 3.63) is 18.0 Å². The Bertz CT molecular complexity index is 355. The fourth-order valence-corrected chi connectivity index (χ4v) is 2.78. The molecule has 2 rings (SSSR count). The SMILES string of the molecule is Cc1ccnc(S(=O)C2CCNC2)n1.Cl. The number of hydrogen-bond acceptors (Lipinski definition) is 4. The smallest absolute Gasteiger partial charge is 0.218 e. The molecular formula is C9H14ClN3OS. The summed E-state index contributed by atoms with van der Waals surface area (Å²) >= 11 is 0. The van der Waals surface area contributed by atoms with Crippen LogP contribution >= 0.6 is 12.4 Å². The maximum absolute atomic E-state index is 11.9. The first-order valence-corrected chi connectivity index (χ1v) is 5.89. The zero-order valence-electron chi connectivity index (χ0n) is 8.47. The third-order valence-electron chi connectivity index (χ3n) is 2.27. The Morgan fingerprint density at radius 1 is 1.60 bits per heavy atom. The number of aryl methyl sites for hydroxylation is 1. The Morgan fingerprint density at radius 3 is 3.00 bits per heavy atom. The molecule has 0 bridgehead atoms. The van der Waals surface area contributed by atoms with Crippen LogP contribution in [0.25, 0.3) is 0 Å². The van der Waals surface area contributed by atoms with Crippen LogP contribution in [0.5, 0.6) is 0 Å². The minimum Gasteiger partial charge on any atom is -0.315 e. The van der Waals surface area contributed by atoms with Crippen molar-refractivity contribution >= 4 is 23.2 Å². The van der Waals surface area contributed by atoms with E-state index < -0.39 is 10.8 Å². The van der Waals surface area contributed by atoms with Crippen molar-refractivity contribution in [1.82, 2.24) is 15.3 Å². The average Bonchev–Trinajstić information content (AvgIpc) is 2.69. The van der Waals surface area contributed by atoms with Gasteiger partial charge in [-0.2, -0.15) is 0 Å². The van der Waals surface area contributed by atoms with E-state index in [0.29, 0.717) is 5.16 Å². The molecule has 2 atom stereocenters. The summed E-state index contributed by atoms with van der Waals surface area (Å²) in [6.07, 6.45) is 2.61. The molecule has 2 heterocycles. The van der Waals surface area contributed by atoms with Gasteiger partial charge in [-0.1, -0.05) is 0 Å². The lowest BCUT2D eigenvalue weighted by molar-refractivity contribution is 0.663. The monoisotopic (exact) mass is 247 g/mol. The van der Waals surface area contributed by atoms with Gasteiger partial charge in [0.1, 0.15) is 0 Å². The van der Waals surface area contributed by atoms with Crippen LogP contribution in [0.4, 0.5) is 0 Å². The summed E-state index contributed by atoms with van der Waals surface area (Å²) < 4.78 is 11.9. The highest BCUT2D eigenvalue weighted by molar-refractivity contribution is 7.85. The fraction of sp³-hybridized carbons (Fsp3) is 0.556. The summed E-state index contributed by atoms with van der Waals surface area (Å²) in [7, 11) is -1.05. The molecule has 0 aromatic carbocycles. The molecule has 1 aromatic heterocycles. The Balaban J connectivity index is 0.00000112. The fourth-order valence-electron chi connectivity index (χ4n) is 1.48. The van der Waals surface area contributed by atoms with E-state index in [2.05, 4.69) is 15.3 Å². The van der Waals surface area contributed by atoms with Gasteiger partial charge in [0.05, 0.1) is 16.0 Å². The minimum absolute atomic E-state index is 0. The summed E-state index contributed by atoms with van der Waals surface area (Å²) in [5.41, 5.74) is 0.870. The van der Waals surface area contributed by atoms with E-state index in [-0.39, 0.29) is 17.7 Å². The normalized spacial score (nSPS) is 22.1. The van der Waals surface area contributed by atoms with Crippen molar-refractivity contribution < 1.29 is 4.21 Å². The lowest BCUT2D eigenvalue weighted by Gasteiger charge is -2.06. The number of nitrogens with zero attached hydrogens (tertiary/aromatic N) is 2. The van der Waals surface area contributed by atoms with Crippen molar-refractivity contribution in [2.24, 2.45) is 0 Å². The number of halogens is 1. The topological polar surface area (TPSA) is 54.9 Å². The van der Waals surface area contributed by atoms with Crippen molar-refractivity contribution in [1.29, 1.82) is 0 Å². The summed E-state index contributed by atoms with van der Waals surface area (Å²) in [4.78, 5) is 8.22. The third-order valence-corrected chi connectivity index (χ3v) is 3.83. The van der Waals surface area contributed by atoms with E-state index in [1.54, 1.807) is 6.20 Å². The van der Waals surface area contributed by atoms with Crippen molar-refractivity contribution in [2.45, 2.75) is 23.8 Å². The van der Waals surface area contributed by atoms with Crippen LogP contribution in [0, 0.1) is 6.92 Å². The molecule has 0 saturated carbocycles. The van der Waals surface area contributed by atoms with Crippen LogP contribution in [0.2, 0.25) is 0 Å². The lowest BCUT2D eigenvalue weighted by Crippen LogP contribution is -2.20. The van der Waals surface area contributed by atoms with Crippen LogP contribution in [-0.4, -0.2) is 32.5 Å². The standard InChI is InChI=1S/C9H13N3OS.ClH/c1-7-2-5-11-9(12-7)14(13)8-3-4-10-6-8;/h2,5,8,10H,3-4,6H2,1H3;1H. The second-order valence-corrected chi connectivity index (χ2v) is 5.02. The Kier molecular flexibility index (Phi) is 4.63. The first-order chi connectivity index (χ1) is 6.77. The molecule has 4 nitrogen and oxygen atoms in total. The number of aromatic nitrogens is 2. The Hall–Kier alpha value is -0.520. The molecule has 1 aromatic rings. The van der Waals surface area contributed by atoms with Gasteiger partial charge < -0.3 is 5.32 Å². The molecule has 0 amide bonds. The molecule has 1 aliphatic heterocycles. The van der Waals surface area contributed by atoms with E-state index in [9.17, 15) is 4.21 Å². The van der Waals surface area contributed by atoms with Crippen molar-refractivity contribution in [3.8, 4) is 0 Å². The first kappa shape index (κ1) is 12.5. The van der Waals surface area contributed by atoms with E-state index in [0.717, 1.165) is 25.2 Å². The average molecular weight is 248 g/mol. The highest BCUT2D eigenvalue weighted by Crippen LogP contribution is 2.12. The Labute approximate surface area is 97.8 Å². The van der Waals surface area contributed by atoms with Gasteiger partial charge in [-0.15, -0.1) is 12.4 Å². The van der Waals surface area contributed by atoms with Gasteiger partial charge in [0, 0.05) is 18.4 Å². The van der Waals surface area contributed by atoms with Gasteiger partial charge in [-0.3, -0.25) is 4.21 Å². The molecule has 0 radical (unpaired) electrons. The molecular weight excluding hydrogens is 234 g/mol. The predicted octanol–water partition coefficient (Wildman–Crippen LogP) is 0.676. The molecule has 15 heavy (non-hydrogen) atoms. The summed E-state index contributed by atoms with van der Waals surface area (Å²) in [6, 6.07) is 1.81. The van der Waals surface area contributed by atoms with Gasteiger partial charge in [0.2, 0.25) is 5.16 Å². The van der Waals surface area contributed by atoms with Crippen molar-refractivity contribution in [3.63, 3.8) is 0 Å². The van der Waals surface area contributed by atoms with Crippen LogP contribution in [0.1, 0.15) is 12.1 Å². The van der Waals surface area contributed by atoms with Gasteiger partial charge in [-0.05, 0) is 26.0 Å². The molecule has 1 fully saturated rings. The maximum atomic E-state index is 11.9. The van der Waals surface area contributed by atoms with Crippen LogP contribution in [0.3, 0.4) is 0 Å². The van der Waals surface area contributed by atoms with Crippen LogP contribution < -0.4 is 5.32 Å². The molecule has 2 unspecified atom stereocenters. The molecule has 0 aliphatic carbocycles. The zero-order valence-corrected chi connectivity index (χ0v) is 10.1. The van der Waals surface area contributed by atoms with E-state index in [1.807, 2.05) is 13.0 Å². The van der Waals surface area contributed by atoms with E-state index in [1.165, 1.54) is 0 Å². The second-order valence-electron chi connectivity index (χ2n) is 3.39. The summed E-state index contributed by atoms with van der Waals surface area (Å²) in [6.45, 7) is 3.64. The second kappa shape index (κ2) is 5.53. The molecule has 1 N–H and O–H groups in total. The zero-order chi connectivity index (χ0) is 9.97. The molecule has 1 saturated heterocycles. The molecule has 0 spiro atoms. The third kappa shape index (κ3) is 2.96. The first-order valence-electron chi connectivity index (χ1n) is 4.68. The van der Waals surface area contributed by atoms with Gasteiger partial charge in [0.25, 0.3) is 0 Å². The molecule has 1 aliphatic rings. The van der Waals surface area contributed by atoms with Crippen molar-refractivity contribution in [2.75, 3.05) is 13.1 Å². The maximum Gasteiger partial charge on any atom is 0.218 e. The highest BCUT2D eigenvalue weighted by Gasteiger charge is 2.23. The highest BCUT2D eigenvalue weighted by atomic mass is 35.5. The lowest BCUT2D eigenvalue weighted by atomic mass is 10.4. The van der Waals surface area contributed by atoms with Crippen LogP contribution in [-0.2, 0) is 10.8 Å². The summed E-state index contributed by atoms with van der Waals surface area (Å²) in [5.74, 6) is 0. The van der Waals surface area contributed by atoms with E-state index >= 15 is 0 Å².